The van der Waals surface area contributed by atoms with Crippen molar-refractivity contribution in [3.63, 3.8) is 0 Å². The van der Waals surface area contributed by atoms with Gasteiger partial charge < -0.3 is 14.8 Å². The second kappa shape index (κ2) is 6.55. The fourth-order valence-corrected chi connectivity index (χ4v) is 3.95. The third kappa shape index (κ3) is 3.71. The molecule has 2 saturated carbocycles. The lowest BCUT2D eigenvalue weighted by atomic mass is 9.89. The highest BCUT2D eigenvalue weighted by molar-refractivity contribution is 4.85. The summed E-state index contributed by atoms with van der Waals surface area (Å²) in [7, 11) is 0. The summed E-state index contributed by atoms with van der Waals surface area (Å²) in [6.45, 7) is 2.82. The number of ether oxygens (including phenoxy) is 2. The monoisotopic (exact) mass is 267 g/mol. The van der Waals surface area contributed by atoms with Crippen LogP contribution in [0.5, 0.6) is 0 Å². The SMILES string of the molecule is C1CCCC(CNC2CCC3(CC2)OCCO3)CC1. The molecule has 3 rings (SSSR count). The van der Waals surface area contributed by atoms with Gasteiger partial charge in [0, 0.05) is 18.9 Å². The van der Waals surface area contributed by atoms with Crippen molar-refractivity contribution in [1.29, 1.82) is 0 Å². The van der Waals surface area contributed by atoms with Crippen molar-refractivity contribution in [2.45, 2.75) is 76.0 Å². The summed E-state index contributed by atoms with van der Waals surface area (Å²) < 4.78 is 11.6. The zero-order valence-corrected chi connectivity index (χ0v) is 12.2. The molecule has 1 spiro atoms. The summed E-state index contributed by atoms with van der Waals surface area (Å²) in [6, 6.07) is 0.696. The Bertz CT molecular complexity index is 258. The predicted octanol–water partition coefficient (Wildman–Crippen LogP) is 3.23. The summed E-state index contributed by atoms with van der Waals surface area (Å²) in [5.41, 5.74) is 0. The molecular formula is C16H29NO2. The van der Waals surface area contributed by atoms with E-state index < -0.39 is 0 Å². The molecule has 0 atom stereocenters. The Hall–Kier alpha value is -0.120. The van der Waals surface area contributed by atoms with Crippen LogP contribution < -0.4 is 5.32 Å². The molecule has 1 saturated heterocycles. The first kappa shape index (κ1) is 13.8. The van der Waals surface area contributed by atoms with Crippen LogP contribution in [0, 0.1) is 5.92 Å². The average molecular weight is 267 g/mol. The van der Waals surface area contributed by atoms with Crippen molar-refractivity contribution < 1.29 is 9.47 Å². The molecule has 0 amide bonds. The van der Waals surface area contributed by atoms with Crippen molar-refractivity contribution in [3.05, 3.63) is 0 Å². The molecule has 1 aliphatic heterocycles. The van der Waals surface area contributed by atoms with Crippen LogP contribution in [-0.2, 0) is 9.47 Å². The molecule has 3 heteroatoms. The van der Waals surface area contributed by atoms with Gasteiger partial charge in [-0.15, -0.1) is 0 Å². The van der Waals surface area contributed by atoms with Crippen LogP contribution in [0.3, 0.4) is 0 Å². The van der Waals surface area contributed by atoms with Crippen molar-refractivity contribution in [1.82, 2.24) is 5.32 Å². The van der Waals surface area contributed by atoms with Gasteiger partial charge in [-0.3, -0.25) is 0 Å². The molecule has 3 nitrogen and oxygen atoms in total. The lowest BCUT2D eigenvalue weighted by molar-refractivity contribution is -0.179. The molecule has 110 valence electrons. The molecule has 3 aliphatic rings. The van der Waals surface area contributed by atoms with Gasteiger partial charge in [-0.1, -0.05) is 25.7 Å². The van der Waals surface area contributed by atoms with Crippen LogP contribution in [0.1, 0.15) is 64.2 Å². The standard InChI is InChI=1S/C16H29NO2/c1-2-4-6-14(5-3-1)13-17-15-7-9-16(10-8-15)18-11-12-19-16/h14-15,17H,1-13H2. The van der Waals surface area contributed by atoms with Crippen molar-refractivity contribution in [2.24, 2.45) is 5.92 Å². The van der Waals surface area contributed by atoms with E-state index in [2.05, 4.69) is 5.32 Å². The Labute approximate surface area is 117 Å². The summed E-state index contributed by atoms with van der Waals surface area (Å²) in [5.74, 6) is 0.734. The van der Waals surface area contributed by atoms with Gasteiger partial charge in [0.25, 0.3) is 0 Å². The Balaban J connectivity index is 1.37. The summed E-state index contributed by atoms with van der Waals surface area (Å²) in [4.78, 5) is 0. The molecule has 0 bridgehead atoms. The Morgan fingerprint density at radius 3 is 2.11 bits per heavy atom. The molecule has 0 aromatic rings. The Morgan fingerprint density at radius 2 is 1.47 bits per heavy atom. The minimum absolute atomic E-state index is 0.194. The molecular weight excluding hydrogens is 238 g/mol. The van der Waals surface area contributed by atoms with E-state index in [1.165, 1.54) is 57.9 Å². The topological polar surface area (TPSA) is 30.5 Å². The first-order chi connectivity index (χ1) is 9.36. The molecule has 2 aliphatic carbocycles. The van der Waals surface area contributed by atoms with Crippen LogP contribution in [0.15, 0.2) is 0 Å². The molecule has 0 aromatic carbocycles. The van der Waals surface area contributed by atoms with Crippen molar-refractivity contribution in [3.8, 4) is 0 Å². The number of rotatable bonds is 3. The summed E-state index contributed by atoms with van der Waals surface area (Å²) in [5, 5.41) is 3.81. The molecule has 1 heterocycles. The molecule has 0 radical (unpaired) electrons. The first-order valence-corrected chi connectivity index (χ1v) is 8.38. The van der Waals surface area contributed by atoms with E-state index in [0.717, 1.165) is 32.0 Å². The molecule has 19 heavy (non-hydrogen) atoms. The maximum absolute atomic E-state index is 5.79. The van der Waals surface area contributed by atoms with Crippen LogP contribution >= 0.6 is 0 Å². The van der Waals surface area contributed by atoms with Crippen LogP contribution in [0.2, 0.25) is 0 Å². The van der Waals surface area contributed by atoms with Gasteiger partial charge in [0.2, 0.25) is 0 Å². The zero-order valence-electron chi connectivity index (χ0n) is 12.2. The van der Waals surface area contributed by atoms with E-state index in [1.54, 1.807) is 0 Å². The maximum Gasteiger partial charge on any atom is 0.168 e. The lowest BCUT2D eigenvalue weighted by Crippen LogP contribution is -2.43. The fraction of sp³-hybridized carbons (Fsp3) is 1.00. The third-order valence-electron chi connectivity index (χ3n) is 5.23. The highest BCUT2D eigenvalue weighted by Crippen LogP contribution is 2.35. The van der Waals surface area contributed by atoms with Gasteiger partial charge in [0.15, 0.2) is 5.79 Å². The molecule has 0 unspecified atom stereocenters. The van der Waals surface area contributed by atoms with Gasteiger partial charge in [0.1, 0.15) is 0 Å². The van der Waals surface area contributed by atoms with E-state index in [-0.39, 0.29) is 5.79 Å². The van der Waals surface area contributed by atoms with Crippen molar-refractivity contribution in [2.75, 3.05) is 19.8 Å². The van der Waals surface area contributed by atoms with Gasteiger partial charge in [-0.2, -0.15) is 0 Å². The van der Waals surface area contributed by atoms with E-state index in [9.17, 15) is 0 Å². The normalized spacial score (nSPS) is 29.7. The van der Waals surface area contributed by atoms with Gasteiger partial charge in [0.05, 0.1) is 13.2 Å². The minimum Gasteiger partial charge on any atom is -0.348 e. The van der Waals surface area contributed by atoms with Gasteiger partial charge in [-0.05, 0) is 38.1 Å². The zero-order chi connectivity index (χ0) is 13.0. The lowest BCUT2D eigenvalue weighted by Gasteiger charge is -2.36. The van der Waals surface area contributed by atoms with Crippen LogP contribution in [0.25, 0.3) is 0 Å². The van der Waals surface area contributed by atoms with Gasteiger partial charge in [-0.25, -0.2) is 0 Å². The second-order valence-corrected chi connectivity index (χ2v) is 6.65. The average Bonchev–Trinajstić information content (AvgIpc) is 2.74. The van der Waals surface area contributed by atoms with Gasteiger partial charge >= 0.3 is 0 Å². The Morgan fingerprint density at radius 1 is 0.842 bits per heavy atom. The summed E-state index contributed by atoms with van der Waals surface area (Å²) >= 11 is 0. The van der Waals surface area contributed by atoms with Crippen LogP contribution in [-0.4, -0.2) is 31.6 Å². The largest absolute Gasteiger partial charge is 0.348 e. The molecule has 1 N–H and O–H groups in total. The van der Waals surface area contributed by atoms with E-state index in [0.29, 0.717) is 6.04 Å². The molecule has 3 fully saturated rings. The highest BCUT2D eigenvalue weighted by atomic mass is 16.7. The first-order valence-electron chi connectivity index (χ1n) is 8.38. The predicted molar refractivity (Wildman–Crippen MR) is 76.1 cm³/mol. The highest BCUT2D eigenvalue weighted by Gasteiger charge is 2.40. The van der Waals surface area contributed by atoms with Crippen LogP contribution in [0.4, 0.5) is 0 Å². The van der Waals surface area contributed by atoms with Crippen molar-refractivity contribution >= 4 is 0 Å². The van der Waals surface area contributed by atoms with E-state index in [4.69, 9.17) is 9.47 Å². The quantitative estimate of drug-likeness (QED) is 0.796. The third-order valence-corrected chi connectivity index (χ3v) is 5.23. The van der Waals surface area contributed by atoms with E-state index >= 15 is 0 Å². The number of nitrogens with one attached hydrogen (secondary N) is 1. The fourth-order valence-electron chi connectivity index (χ4n) is 3.95. The minimum atomic E-state index is -0.194. The van der Waals surface area contributed by atoms with E-state index in [1.807, 2.05) is 0 Å². The Kier molecular flexibility index (Phi) is 4.78. The second-order valence-electron chi connectivity index (χ2n) is 6.65. The maximum atomic E-state index is 5.79. The number of hydrogen-bond donors (Lipinski definition) is 1. The smallest absolute Gasteiger partial charge is 0.168 e. The summed E-state index contributed by atoms with van der Waals surface area (Å²) in [6.07, 6.45) is 13.3. The number of hydrogen-bond acceptors (Lipinski definition) is 3. The molecule has 0 aromatic heterocycles.